The zero-order valence-electron chi connectivity index (χ0n) is 17.5. The van der Waals surface area contributed by atoms with Crippen molar-refractivity contribution in [2.75, 3.05) is 26.2 Å². The number of carbonyl (C=O) groups is 2. The van der Waals surface area contributed by atoms with Crippen molar-refractivity contribution in [2.45, 2.75) is 38.1 Å². The summed E-state index contributed by atoms with van der Waals surface area (Å²) in [4.78, 5) is 29.6. The van der Waals surface area contributed by atoms with Crippen LogP contribution in [0.4, 0.5) is 4.79 Å². The first-order chi connectivity index (χ1) is 14.7. The summed E-state index contributed by atoms with van der Waals surface area (Å²) in [6.07, 6.45) is 3.48. The molecule has 0 atom stereocenters. The molecule has 2 aromatic rings. The largest absolute Gasteiger partial charge is 0.326 e. The predicted octanol–water partition coefficient (Wildman–Crippen LogP) is 4.04. The smallest absolute Gasteiger partial charge is 0.319 e. The first-order valence-corrected chi connectivity index (χ1v) is 11.1. The fourth-order valence-corrected chi connectivity index (χ4v) is 4.75. The number of piperidine rings is 2. The first kappa shape index (κ1) is 20.6. The van der Waals surface area contributed by atoms with E-state index in [-0.39, 0.29) is 17.7 Å². The first-order valence-electron chi connectivity index (χ1n) is 11.1. The van der Waals surface area contributed by atoms with Crippen LogP contribution in [0.1, 0.15) is 53.1 Å². The minimum absolute atomic E-state index is 0.0250. The van der Waals surface area contributed by atoms with Crippen LogP contribution >= 0.6 is 0 Å². The van der Waals surface area contributed by atoms with Crippen molar-refractivity contribution in [3.8, 4) is 0 Å². The van der Waals surface area contributed by atoms with Crippen LogP contribution < -0.4 is 5.73 Å². The van der Waals surface area contributed by atoms with Crippen molar-refractivity contribution < 1.29 is 9.59 Å². The molecule has 2 fully saturated rings. The molecule has 0 radical (unpaired) electrons. The normalized spacial score (nSPS) is 18.4. The van der Waals surface area contributed by atoms with Crippen molar-refractivity contribution in [3.05, 3.63) is 71.3 Å². The molecule has 158 valence electrons. The Hall–Kier alpha value is -2.66. The van der Waals surface area contributed by atoms with Crippen LogP contribution in [0.25, 0.3) is 0 Å². The van der Waals surface area contributed by atoms with E-state index in [0.29, 0.717) is 25.6 Å². The van der Waals surface area contributed by atoms with Crippen LogP contribution in [0, 0.1) is 5.92 Å². The van der Waals surface area contributed by atoms with Gasteiger partial charge < -0.3 is 15.5 Å². The number of hydrogen-bond acceptors (Lipinski definition) is 3. The number of urea groups is 1. The van der Waals surface area contributed by atoms with Gasteiger partial charge in [-0.1, -0.05) is 54.6 Å². The van der Waals surface area contributed by atoms with Gasteiger partial charge >= 0.3 is 6.03 Å². The molecule has 0 spiro atoms. The highest BCUT2D eigenvalue weighted by Crippen LogP contribution is 2.30. The molecule has 2 aliphatic heterocycles. The molecular weight excluding hydrogens is 374 g/mol. The molecule has 2 saturated heterocycles. The van der Waals surface area contributed by atoms with Gasteiger partial charge in [-0.2, -0.15) is 0 Å². The maximum atomic E-state index is 13.0. The van der Waals surface area contributed by atoms with E-state index >= 15 is 0 Å². The highest BCUT2D eigenvalue weighted by molar-refractivity contribution is 5.98. The fraction of sp³-hybridized carbons (Fsp3) is 0.440. The molecule has 2 heterocycles. The van der Waals surface area contributed by atoms with Gasteiger partial charge in [-0.3, -0.25) is 4.79 Å². The molecule has 0 saturated carbocycles. The number of ketones is 1. The number of hydrogen-bond donors (Lipinski definition) is 1. The highest BCUT2D eigenvalue weighted by Gasteiger charge is 2.31. The summed E-state index contributed by atoms with van der Waals surface area (Å²) in [5, 5.41) is 0. The molecule has 2 amide bonds. The highest BCUT2D eigenvalue weighted by atomic mass is 16.2. The van der Waals surface area contributed by atoms with E-state index in [9.17, 15) is 9.59 Å². The molecule has 2 aliphatic rings. The Bertz CT molecular complexity index is 867. The molecule has 0 bridgehead atoms. The van der Waals surface area contributed by atoms with Crippen molar-refractivity contribution >= 4 is 11.8 Å². The number of benzene rings is 2. The van der Waals surface area contributed by atoms with Crippen molar-refractivity contribution in [1.82, 2.24) is 9.80 Å². The Kier molecular flexibility index (Phi) is 6.48. The third-order valence-electron chi connectivity index (χ3n) is 6.62. The Labute approximate surface area is 178 Å². The molecular formula is C25H31N3O2. The number of rotatable bonds is 4. The SMILES string of the molecule is NCc1cccc(C2CCN(C(=O)N3CCC(C(=O)c4ccccc4)CC3)CC2)c1. The molecule has 30 heavy (non-hydrogen) atoms. The lowest BCUT2D eigenvalue weighted by Gasteiger charge is -2.38. The van der Waals surface area contributed by atoms with Gasteiger partial charge in [0.15, 0.2) is 5.78 Å². The van der Waals surface area contributed by atoms with Crippen molar-refractivity contribution in [3.63, 3.8) is 0 Å². The van der Waals surface area contributed by atoms with E-state index in [1.165, 1.54) is 11.1 Å². The number of nitrogens with zero attached hydrogens (tertiary/aromatic N) is 2. The number of likely N-dealkylation sites (tertiary alicyclic amines) is 2. The third kappa shape index (κ3) is 4.57. The standard InChI is InChI=1S/C25H31N3O2/c26-18-19-5-4-8-23(17-19)20-9-13-27(14-10-20)25(30)28-15-11-22(12-16-28)24(29)21-6-2-1-3-7-21/h1-8,17,20,22H,9-16,18,26H2. The predicted molar refractivity (Wildman–Crippen MR) is 118 cm³/mol. The lowest BCUT2D eigenvalue weighted by molar-refractivity contribution is 0.0825. The van der Waals surface area contributed by atoms with E-state index in [1.54, 1.807) is 0 Å². The van der Waals surface area contributed by atoms with Crippen LogP contribution in [-0.2, 0) is 6.54 Å². The van der Waals surface area contributed by atoms with Gasteiger partial charge in [0, 0.05) is 44.2 Å². The molecule has 5 heteroatoms. The molecule has 5 nitrogen and oxygen atoms in total. The Morgan fingerprint density at radius 3 is 2.10 bits per heavy atom. The minimum atomic E-state index is 0.0250. The summed E-state index contributed by atoms with van der Waals surface area (Å²) >= 11 is 0. The van der Waals surface area contributed by atoms with Gasteiger partial charge in [0.05, 0.1) is 0 Å². The summed E-state index contributed by atoms with van der Waals surface area (Å²) < 4.78 is 0. The van der Waals surface area contributed by atoms with Crippen LogP contribution in [0.3, 0.4) is 0 Å². The maximum absolute atomic E-state index is 13.0. The Morgan fingerprint density at radius 2 is 1.47 bits per heavy atom. The summed E-state index contributed by atoms with van der Waals surface area (Å²) in [7, 11) is 0. The lowest BCUT2D eigenvalue weighted by Crippen LogP contribution is -2.49. The Morgan fingerprint density at radius 1 is 0.833 bits per heavy atom. The summed E-state index contributed by atoms with van der Waals surface area (Å²) in [5.41, 5.74) is 9.06. The van der Waals surface area contributed by atoms with Gasteiger partial charge in [-0.15, -0.1) is 0 Å². The molecule has 4 rings (SSSR count). The zero-order chi connectivity index (χ0) is 20.9. The second kappa shape index (κ2) is 9.43. The average Bonchev–Trinajstić information content (AvgIpc) is 2.84. The molecule has 0 aromatic heterocycles. The number of nitrogens with two attached hydrogens (primary N) is 1. The third-order valence-corrected chi connectivity index (χ3v) is 6.62. The summed E-state index contributed by atoms with van der Waals surface area (Å²) in [6.45, 7) is 3.48. The van der Waals surface area contributed by atoms with Crippen molar-refractivity contribution in [2.24, 2.45) is 11.7 Å². The molecule has 2 N–H and O–H groups in total. The van der Waals surface area contributed by atoms with Gasteiger partial charge in [0.2, 0.25) is 0 Å². The number of amides is 2. The number of Topliss-reactive ketones (excluding diaryl/α,β-unsaturated/α-hetero) is 1. The van der Waals surface area contributed by atoms with Gasteiger partial charge in [-0.05, 0) is 42.7 Å². The zero-order valence-corrected chi connectivity index (χ0v) is 17.5. The van der Waals surface area contributed by atoms with Gasteiger partial charge in [0.25, 0.3) is 0 Å². The van der Waals surface area contributed by atoms with E-state index in [2.05, 4.69) is 24.3 Å². The minimum Gasteiger partial charge on any atom is -0.326 e. The van der Waals surface area contributed by atoms with Gasteiger partial charge in [0.1, 0.15) is 0 Å². The average molecular weight is 406 g/mol. The Balaban J connectivity index is 1.27. The monoisotopic (exact) mass is 405 g/mol. The second-order valence-corrected chi connectivity index (χ2v) is 8.48. The topological polar surface area (TPSA) is 66.6 Å². The molecule has 0 aliphatic carbocycles. The van der Waals surface area contributed by atoms with Crippen LogP contribution in [0.2, 0.25) is 0 Å². The van der Waals surface area contributed by atoms with Crippen LogP contribution in [-0.4, -0.2) is 47.8 Å². The quantitative estimate of drug-likeness (QED) is 0.781. The second-order valence-electron chi connectivity index (χ2n) is 8.48. The molecule has 0 unspecified atom stereocenters. The number of carbonyl (C=O) groups excluding carboxylic acids is 2. The van der Waals surface area contributed by atoms with Crippen LogP contribution in [0.5, 0.6) is 0 Å². The van der Waals surface area contributed by atoms with E-state index in [1.807, 2.05) is 40.1 Å². The van der Waals surface area contributed by atoms with Crippen LogP contribution in [0.15, 0.2) is 54.6 Å². The fourth-order valence-electron chi connectivity index (χ4n) is 4.75. The van der Waals surface area contributed by atoms with E-state index < -0.39 is 0 Å². The van der Waals surface area contributed by atoms with E-state index in [4.69, 9.17) is 5.73 Å². The summed E-state index contributed by atoms with van der Waals surface area (Å²) in [6, 6.07) is 18.2. The van der Waals surface area contributed by atoms with E-state index in [0.717, 1.165) is 44.3 Å². The summed E-state index contributed by atoms with van der Waals surface area (Å²) in [5.74, 6) is 0.731. The van der Waals surface area contributed by atoms with Gasteiger partial charge in [-0.25, -0.2) is 4.79 Å². The molecule has 2 aromatic carbocycles. The lowest BCUT2D eigenvalue weighted by atomic mass is 9.88. The maximum Gasteiger partial charge on any atom is 0.319 e. The van der Waals surface area contributed by atoms with Crippen molar-refractivity contribution in [1.29, 1.82) is 0 Å².